The summed E-state index contributed by atoms with van der Waals surface area (Å²) >= 11 is 5.80. The number of fused-ring (bicyclic) bond motifs is 1. The SMILES string of the molecule is CC1(C)Cc2c(C(=O)Nc3ccc(F)c(Cl)c3)ccc(F)c2C1NC(=O)OCc1ccccn1. The van der Waals surface area contributed by atoms with Gasteiger partial charge in [0.15, 0.2) is 0 Å². The molecule has 1 aliphatic rings. The number of carbonyl (C=O) groups excluding carboxylic acids is 2. The van der Waals surface area contributed by atoms with Gasteiger partial charge in [0.1, 0.15) is 18.2 Å². The topological polar surface area (TPSA) is 80.3 Å². The normalized spacial score (nSPS) is 16.0. The Morgan fingerprint density at radius 3 is 2.62 bits per heavy atom. The van der Waals surface area contributed by atoms with Crippen LogP contribution in [0.4, 0.5) is 19.3 Å². The molecule has 2 aromatic carbocycles. The lowest BCUT2D eigenvalue weighted by Gasteiger charge is -2.28. The first-order valence-corrected chi connectivity index (χ1v) is 10.9. The van der Waals surface area contributed by atoms with Crippen molar-refractivity contribution in [2.75, 3.05) is 5.32 Å². The number of hydrogen-bond acceptors (Lipinski definition) is 4. The number of ether oxygens (including phenoxy) is 1. The summed E-state index contributed by atoms with van der Waals surface area (Å²) in [5, 5.41) is 5.28. The van der Waals surface area contributed by atoms with Crippen LogP contribution in [-0.4, -0.2) is 17.0 Å². The number of aromatic nitrogens is 1. The molecule has 1 aromatic heterocycles. The second-order valence-corrected chi connectivity index (χ2v) is 9.12. The van der Waals surface area contributed by atoms with Crippen LogP contribution in [-0.2, 0) is 17.8 Å². The third kappa shape index (κ3) is 4.87. The molecule has 4 rings (SSSR count). The summed E-state index contributed by atoms with van der Waals surface area (Å²) in [4.78, 5) is 29.6. The predicted molar refractivity (Wildman–Crippen MR) is 124 cm³/mol. The first-order chi connectivity index (χ1) is 16.2. The molecule has 9 heteroatoms. The second-order valence-electron chi connectivity index (χ2n) is 8.71. The van der Waals surface area contributed by atoms with Gasteiger partial charge in [-0.05, 0) is 59.9 Å². The van der Waals surface area contributed by atoms with Gasteiger partial charge in [0, 0.05) is 23.0 Å². The first kappa shape index (κ1) is 23.6. The Balaban J connectivity index is 1.56. The molecule has 1 atom stereocenters. The molecule has 0 aliphatic heterocycles. The van der Waals surface area contributed by atoms with Crippen molar-refractivity contribution >= 4 is 29.3 Å². The van der Waals surface area contributed by atoms with Crippen LogP contribution in [0.15, 0.2) is 54.7 Å². The highest BCUT2D eigenvalue weighted by Gasteiger charge is 2.44. The Hall–Kier alpha value is -3.52. The molecule has 0 bridgehead atoms. The average molecular weight is 486 g/mol. The summed E-state index contributed by atoms with van der Waals surface area (Å²) in [6.45, 7) is 3.72. The molecule has 3 aromatic rings. The van der Waals surface area contributed by atoms with Crippen LogP contribution < -0.4 is 10.6 Å². The molecule has 2 N–H and O–H groups in total. The molecule has 0 saturated carbocycles. The predicted octanol–water partition coefficient (Wildman–Crippen LogP) is 5.82. The number of halogens is 3. The van der Waals surface area contributed by atoms with E-state index in [0.717, 1.165) is 6.07 Å². The van der Waals surface area contributed by atoms with Gasteiger partial charge in [-0.1, -0.05) is 31.5 Å². The van der Waals surface area contributed by atoms with Crippen LogP contribution >= 0.6 is 11.6 Å². The van der Waals surface area contributed by atoms with E-state index in [1.54, 1.807) is 24.4 Å². The van der Waals surface area contributed by atoms with Crippen LogP contribution in [0.25, 0.3) is 0 Å². The summed E-state index contributed by atoms with van der Waals surface area (Å²) in [6, 6.07) is 11.0. The van der Waals surface area contributed by atoms with Gasteiger partial charge >= 0.3 is 6.09 Å². The number of nitrogens with zero attached hydrogens (tertiary/aromatic N) is 1. The summed E-state index contributed by atoms with van der Waals surface area (Å²) < 4.78 is 33.7. The minimum atomic E-state index is -0.716. The Morgan fingerprint density at radius 1 is 1.15 bits per heavy atom. The maximum atomic E-state index is 15.0. The minimum Gasteiger partial charge on any atom is -0.443 e. The number of benzene rings is 2. The number of anilines is 1. The molecule has 176 valence electrons. The molecule has 1 aliphatic carbocycles. The first-order valence-electron chi connectivity index (χ1n) is 10.6. The van der Waals surface area contributed by atoms with Gasteiger partial charge in [-0.15, -0.1) is 0 Å². The van der Waals surface area contributed by atoms with Gasteiger partial charge in [-0.2, -0.15) is 0 Å². The number of carbonyl (C=O) groups is 2. The van der Waals surface area contributed by atoms with E-state index in [-0.39, 0.29) is 22.8 Å². The summed E-state index contributed by atoms with van der Waals surface area (Å²) in [6.07, 6.45) is 1.22. The minimum absolute atomic E-state index is 0.0299. The molecule has 0 fully saturated rings. The monoisotopic (exact) mass is 485 g/mol. The number of amides is 2. The number of pyridine rings is 1. The number of alkyl carbamates (subject to hydrolysis) is 1. The third-order valence-electron chi connectivity index (χ3n) is 5.77. The van der Waals surface area contributed by atoms with E-state index in [2.05, 4.69) is 15.6 Å². The van der Waals surface area contributed by atoms with Crippen LogP contribution in [0.1, 0.15) is 47.1 Å². The quantitative estimate of drug-likeness (QED) is 0.477. The van der Waals surface area contributed by atoms with Gasteiger partial charge in [0.2, 0.25) is 0 Å². The van der Waals surface area contributed by atoms with E-state index < -0.39 is 35.1 Å². The fourth-order valence-electron chi connectivity index (χ4n) is 4.12. The van der Waals surface area contributed by atoms with E-state index in [0.29, 0.717) is 23.4 Å². The van der Waals surface area contributed by atoms with Crippen LogP contribution in [0, 0.1) is 17.0 Å². The van der Waals surface area contributed by atoms with Crippen LogP contribution in [0.5, 0.6) is 0 Å². The molecule has 6 nitrogen and oxygen atoms in total. The molecule has 0 spiro atoms. The standard InChI is InChI=1S/C25H22ClF2N3O3/c1-25(2)12-17-16(23(32)30-14-6-8-19(27)18(26)11-14)7-9-20(28)21(17)22(25)31-24(33)34-13-15-5-3-4-10-29-15/h3-11,22H,12-13H2,1-2H3,(H,30,32)(H,31,33). The third-order valence-corrected chi connectivity index (χ3v) is 6.06. The largest absolute Gasteiger partial charge is 0.443 e. The molecule has 1 unspecified atom stereocenters. The lowest BCUT2D eigenvalue weighted by atomic mass is 9.85. The van der Waals surface area contributed by atoms with E-state index in [1.807, 2.05) is 13.8 Å². The molecular weight excluding hydrogens is 464 g/mol. The number of hydrogen-bond donors (Lipinski definition) is 2. The zero-order chi connectivity index (χ0) is 24.5. The van der Waals surface area contributed by atoms with E-state index in [1.165, 1.54) is 24.3 Å². The van der Waals surface area contributed by atoms with Crippen molar-refractivity contribution in [1.82, 2.24) is 10.3 Å². The summed E-state index contributed by atoms with van der Waals surface area (Å²) in [5.41, 5.74) is 1.28. The van der Waals surface area contributed by atoms with Crippen molar-refractivity contribution < 1.29 is 23.1 Å². The highest BCUT2D eigenvalue weighted by molar-refractivity contribution is 6.31. The van der Waals surface area contributed by atoms with Crippen molar-refractivity contribution in [3.05, 3.63) is 93.8 Å². The Kier molecular flexibility index (Phi) is 6.52. The summed E-state index contributed by atoms with van der Waals surface area (Å²) in [7, 11) is 0. The van der Waals surface area contributed by atoms with Gasteiger partial charge < -0.3 is 15.4 Å². The molecule has 1 heterocycles. The average Bonchev–Trinajstić information content (AvgIpc) is 3.06. The van der Waals surface area contributed by atoms with Gasteiger partial charge in [-0.3, -0.25) is 9.78 Å². The Labute approximate surface area is 200 Å². The fraction of sp³-hybridized carbons (Fsp3) is 0.240. The highest BCUT2D eigenvalue weighted by atomic mass is 35.5. The van der Waals surface area contributed by atoms with Crippen molar-refractivity contribution in [3.8, 4) is 0 Å². The van der Waals surface area contributed by atoms with E-state index >= 15 is 0 Å². The van der Waals surface area contributed by atoms with Gasteiger partial charge in [0.25, 0.3) is 5.91 Å². The van der Waals surface area contributed by atoms with Gasteiger partial charge in [-0.25, -0.2) is 13.6 Å². The fourth-order valence-corrected chi connectivity index (χ4v) is 4.30. The smallest absolute Gasteiger partial charge is 0.408 e. The molecule has 2 amide bonds. The zero-order valence-corrected chi connectivity index (χ0v) is 19.2. The second kappa shape index (κ2) is 9.38. The van der Waals surface area contributed by atoms with Crippen molar-refractivity contribution in [3.63, 3.8) is 0 Å². The number of rotatable bonds is 5. The highest BCUT2D eigenvalue weighted by Crippen LogP contribution is 2.47. The number of nitrogens with one attached hydrogen (secondary N) is 2. The lowest BCUT2D eigenvalue weighted by molar-refractivity contribution is 0.102. The maximum Gasteiger partial charge on any atom is 0.408 e. The molecule has 0 radical (unpaired) electrons. The van der Waals surface area contributed by atoms with E-state index in [9.17, 15) is 18.4 Å². The Bertz CT molecular complexity index is 1250. The van der Waals surface area contributed by atoms with Crippen LogP contribution in [0.3, 0.4) is 0 Å². The summed E-state index contributed by atoms with van der Waals surface area (Å²) in [5.74, 6) is -1.63. The van der Waals surface area contributed by atoms with Gasteiger partial charge in [0.05, 0.1) is 16.8 Å². The Morgan fingerprint density at radius 2 is 1.91 bits per heavy atom. The molecular formula is C25H22ClF2N3O3. The maximum absolute atomic E-state index is 15.0. The zero-order valence-electron chi connectivity index (χ0n) is 18.5. The van der Waals surface area contributed by atoms with Crippen molar-refractivity contribution in [2.24, 2.45) is 5.41 Å². The van der Waals surface area contributed by atoms with Crippen molar-refractivity contribution in [2.45, 2.75) is 32.9 Å². The molecule has 34 heavy (non-hydrogen) atoms. The van der Waals surface area contributed by atoms with E-state index in [4.69, 9.17) is 16.3 Å². The molecule has 0 saturated heterocycles. The van der Waals surface area contributed by atoms with Crippen LogP contribution in [0.2, 0.25) is 5.02 Å². The van der Waals surface area contributed by atoms with Crippen molar-refractivity contribution in [1.29, 1.82) is 0 Å². The lowest BCUT2D eigenvalue weighted by Crippen LogP contribution is -2.36.